The SMILES string of the molecule is O=Cc1ccccc1OCC(=O)NC1(c2ccccc2)CCC1. The smallest absolute Gasteiger partial charge is 0.258 e. The van der Waals surface area contributed by atoms with Crippen LogP contribution in [0.25, 0.3) is 0 Å². The van der Waals surface area contributed by atoms with Crippen LogP contribution in [0.5, 0.6) is 5.75 Å². The van der Waals surface area contributed by atoms with Crippen LogP contribution in [-0.2, 0) is 10.3 Å². The van der Waals surface area contributed by atoms with Gasteiger partial charge in [-0.1, -0.05) is 42.5 Å². The molecule has 0 atom stereocenters. The van der Waals surface area contributed by atoms with E-state index in [1.165, 1.54) is 0 Å². The van der Waals surface area contributed by atoms with Crippen LogP contribution in [0, 0.1) is 0 Å². The van der Waals surface area contributed by atoms with Gasteiger partial charge in [0.05, 0.1) is 11.1 Å². The van der Waals surface area contributed by atoms with E-state index in [-0.39, 0.29) is 18.1 Å². The molecule has 0 saturated heterocycles. The third-order valence-corrected chi connectivity index (χ3v) is 4.32. The zero-order chi connectivity index (χ0) is 16.1. The van der Waals surface area contributed by atoms with Gasteiger partial charge < -0.3 is 10.1 Å². The van der Waals surface area contributed by atoms with Crippen molar-refractivity contribution in [1.29, 1.82) is 0 Å². The summed E-state index contributed by atoms with van der Waals surface area (Å²) in [5.74, 6) is 0.259. The number of ether oxygens (including phenoxy) is 1. The number of aldehydes is 1. The topological polar surface area (TPSA) is 55.4 Å². The number of nitrogens with one attached hydrogen (secondary N) is 1. The Balaban J connectivity index is 1.64. The summed E-state index contributed by atoms with van der Waals surface area (Å²) in [6.45, 7) is -0.0978. The van der Waals surface area contributed by atoms with E-state index in [0.29, 0.717) is 11.3 Å². The number of amides is 1. The third-order valence-electron chi connectivity index (χ3n) is 4.32. The lowest BCUT2D eigenvalue weighted by atomic mass is 9.72. The third kappa shape index (κ3) is 3.26. The molecule has 4 nitrogen and oxygen atoms in total. The Morgan fingerprint density at radius 1 is 1.09 bits per heavy atom. The summed E-state index contributed by atoms with van der Waals surface area (Å²) in [6.07, 6.45) is 3.70. The molecule has 0 aromatic heterocycles. The number of hydrogen-bond acceptors (Lipinski definition) is 3. The molecule has 1 aliphatic carbocycles. The van der Waals surface area contributed by atoms with Crippen molar-refractivity contribution < 1.29 is 14.3 Å². The zero-order valence-electron chi connectivity index (χ0n) is 12.8. The van der Waals surface area contributed by atoms with Crippen molar-refractivity contribution in [2.45, 2.75) is 24.8 Å². The lowest BCUT2D eigenvalue weighted by molar-refractivity contribution is -0.126. The molecule has 1 amide bonds. The molecule has 0 aliphatic heterocycles. The number of hydrogen-bond donors (Lipinski definition) is 1. The fourth-order valence-corrected chi connectivity index (χ4v) is 2.93. The molecule has 2 aromatic carbocycles. The Labute approximate surface area is 135 Å². The van der Waals surface area contributed by atoms with Crippen LogP contribution in [0.4, 0.5) is 0 Å². The van der Waals surface area contributed by atoms with Gasteiger partial charge in [0.15, 0.2) is 12.9 Å². The van der Waals surface area contributed by atoms with Gasteiger partial charge in [-0.3, -0.25) is 9.59 Å². The first-order chi connectivity index (χ1) is 11.2. The fourth-order valence-electron chi connectivity index (χ4n) is 2.93. The Hall–Kier alpha value is -2.62. The average molecular weight is 309 g/mol. The van der Waals surface area contributed by atoms with E-state index in [1.54, 1.807) is 24.3 Å². The van der Waals surface area contributed by atoms with E-state index in [0.717, 1.165) is 31.1 Å². The molecule has 1 saturated carbocycles. The highest BCUT2D eigenvalue weighted by Crippen LogP contribution is 2.41. The van der Waals surface area contributed by atoms with E-state index in [2.05, 4.69) is 5.32 Å². The van der Waals surface area contributed by atoms with E-state index in [1.807, 2.05) is 30.3 Å². The number of carbonyl (C=O) groups is 2. The van der Waals surface area contributed by atoms with Crippen molar-refractivity contribution in [2.24, 2.45) is 0 Å². The minimum atomic E-state index is -0.272. The number of carbonyl (C=O) groups excluding carboxylic acids is 2. The van der Waals surface area contributed by atoms with Crippen LogP contribution in [0.2, 0.25) is 0 Å². The van der Waals surface area contributed by atoms with E-state index in [9.17, 15) is 9.59 Å². The van der Waals surface area contributed by atoms with Crippen LogP contribution >= 0.6 is 0 Å². The molecule has 2 aromatic rings. The molecule has 4 heteroatoms. The van der Waals surface area contributed by atoms with Crippen LogP contribution in [0.1, 0.15) is 35.2 Å². The second-order valence-corrected chi connectivity index (χ2v) is 5.79. The maximum atomic E-state index is 12.3. The van der Waals surface area contributed by atoms with Gasteiger partial charge in [-0.2, -0.15) is 0 Å². The monoisotopic (exact) mass is 309 g/mol. The van der Waals surface area contributed by atoms with Crippen molar-refractivity contribution in [3.05, 3.63) is 65.7 Å². The highest BCUT2D eigenvalue weighted by molar-refractivity contribution is 5.81. The molecule has 0 heterocycles. The highest BCUT2D eigenvalue weighted by Gasteiger charge is 2.39. The Kier molecular flexibility index (Phi) is 4.42. The standard InChI is InChI=1S/C19H19NO3/c21-13-15-7-4-5-10-17(15)23-14-18(22)20-19(11-6-12-19)16-8-2-1-3-9-16/h1-5,7-10,13H,6,11-12,14H2,(H,20,22). The van der Waals surface area contributed by atoms with E-state index in [4.69, 9.17) is 4.74 Å². The molecule has 0 radical (unpaired) electrons. The molecule has 0 unspecified atom stereocenters. The number of rotatable bonds is 6. The van der Waals surface area contributed by atoms with Crippen molar-refractivity contribution in [3.63, 3.8) is 0 Å². The molecule has 0 spiro atoms. The van der Waals surface area contributed by atoms with Gasteiger partial charge in [-0.05, 0) is 37.0 Å². The van der Waals surface area contributed by atoms with Crippen molar-refractivity contribution in [3.8, 4) is 5.75 Å². The summed E-state index contributed by atoms with van der Waals surface area (Å²) < 4.78 is 5.50. The maximum absolute atomic E-state index is 12.3. The van der Waals surface area contributed by atoms with E-state index >= 15 is 0 Å². The number of benzene rings is 2. The molecule has 1 aliphatic rings. The predicted molar refractivity (Wildman–Crippen MR) is 87.4 cm³/mol. The van der Waals surface area contributed by atoms with Gasteiger partial charge >= 0.3 is 0 Å². The van der Waals surface area contributed by atoms with Gasteiger partial charge in [0, 0.05) is 0 Å². The summed E-state index contributed by atoms with van der Waals surface area (Å²) in [5, 5.41) is 3.10. The van der Waals surface area contributed by atoms with Gasteiger partial charge in [0.1, 0.15) is 5.75 Å². The minimum Gasteiger partial charge on any atom is -0.483 e. The van der Waals surface area contributed by atoms with Crippen LogP contribution in [0.3, 0.4) is 0 Å². The first kappa shape index (κ1) is 15.3. The van der Waals surface area contributed by atoms with Gasteiger partial charge in [-0.25, -0.2) is 0 Å². The van der Waals surface area contributed by atoms with Crippen molar-refractivity contribution in [2.75, 3.05) is 6.61 Å². The maximum Gasteiger partial charge on any atom is 0.258 e. The average Bonchev–Trinajstić information content (AvgIpc) is 2.57. The van der Waals surface area contributed by atoms with Crippen molar-refractivity contribution >= 4 is 12.2 Å². The highest BCUT2D eigenvalue weighted by atomic mass is 16.5. The summed E-state index contributed by atoms with van der Waals surface area (Å²) in [5.41, 5.74) is 1.31. The molecule has 23 heavy (non-hydrogen) atoms. The fraction of sp³-hybridized carbons (Fsp3) is 0.263. The Bertz CT molecular complexity index is 693. The normalized spacial score (nSPS) is 15.3. The Morgan fingerprint density at radius 3 is 2.43 bits per heavy atom. The summed E-state index contributed by atoms with van der Waals surface area (Å²) in [4.78, 5) is 23.2. The van der Waals surface area contributed by atoms with Crippen molar-refractivity contribution in [1.82, 2.24) is 5.32 Å². The largest absolute Gasteiger partial charge is 0.483 e. The molecule has 1 fully saturated rings. The quantitative estimate of drug-likeness (QED) is 0.834. The lowest BCUT2D eigenvalue weighted by Crippen LogP contribution is -2.52. The van der Waals surface area contributed by atoms with Gasteiger partial charge in [-0.15, -0.1) is 0 Å². The first-order valence-corrected chi connectivity index (χ1v) is 7.77. The summed E-state index contributed by atoms with van der Waals surface area (Å²) in [7, 11) is 0. The number of para-hydroxylation sites is 1. The molecular formula is C19H19NO3. The lowest BCUT2D eigenvalue weighted by Gasteiger charge is -2.43. The molecule has 0 bridgehead atoms. The molecular weight excluding hydrogens is 290 g/mol. The molecule has 1 N–H and O–H groups in total. The van der Waals surface area contributed by atoms with Gasteiger partial charge in [0.2, 0.25) is 0 Å². The predicted octanol–water partition coefficient (Wildman–Crippen LogP) is 3.07. The van der Waals surface area contributed by atoms with Crippen LogP contribution < -0.4 is 10.1 Å². The summed E-state index contributed by atoms with van der Waals surface area (Å²) >= 11 is 0. The second-order valence-electron chi connectivity index (χ2n) is 5.79. The Morgan fingerprint density at radius 2 is 1.78 bits per heavy atom. The van der Waals surface area contributed by atoms with Crippen LogP contribution in [0.15, 0.2) is 54.6 Å². The van der Waals surface area contributed by atoms with Gasteiger partial charge in [0.25, 0.3) is 5.91 Å². The first-order valence-electron chi connectivity index (χ1n) is 7.77. The van der Waals surface area contributed by atoms with Crippen LogP contribution in [-0.4, -0.2) is 18.8 Å². The molecule has 3 rings (SSSR count). The minimum absolute atomic E-state index is 0.0978. The second kappa shape index (κ2) is 6.65. The van der Waals surface area contributed by atoms with E-state index < -0.39 is 0 Å². The summed E-state index contributed by atoms with van der Waals surface area (Å²) in [6, 6.07) is 16.9. The molecule has 118 valence electrons. The zero-order valence-corrected chi connectivity index (χ0v) is 12.8.